The van der Waals surface area contributed by atoms with Gasteiger partial charge in [0.05, 0.1) is 0 Å². The number of rotatable bonds is 7. The summed E-state index contributed by atoms with van der Waals surface area (Å²) in [6, 6.07) is 4.12. The first-order valence-corrected chi connectivity index (χ1v) is 8.26. The average Bonchev–Trinajstić information content (AvgIpc) is 3.07. The number of thiophene rings is 1. The highest BCUT2D eigenvalue weighted by Gasteiger charge is 2.14. The van der Waals surface area contributed by atoms with E-state index in [1.807, 2.05) is 6.07 Å². The Morgan fingerprint density at radius 3 is 2.79 bits per heavy atom. The second-order valence-corrected chi connectivity index (χ2v) is 6.34. The topological polar surface area (TPSA) is 41.1 Å². The van der Waals surface area contributed by atoms with Gasteiger partial charge in [0.25, 0.3) is 0 Å². The molecule has 2 rings (SSSR count). The number of hydrogen-bond donors (Lipinski definition) is 2. The first-order chi connectivity index (χ1) is 9.34. The van der Waals surface area contributed by atoms with Crippen LogP contribution in [0.4, 0.5) is 4.79 Å². The molecule has 1 saturated carbocycles. The molecule has 1 aromatic rings. The molecule has 0 unspecified atom stereocenters. The van der Waals surface area contributed by atoms with Gasteiger partial charge in [-0.05, 0) is 36.6 Å². The molecule has 1 fully saturated rings. The predicted octanol–water partition coefficient (Wildman–Crippen LogP) is 3.56. The maximum absolute atomic E-state index is 11.5. The molecule has 0 atom stereocenters. The smallest absolute Gasteiger partial charge is 0.314 e. The first-order valence-electron chi connectivity index (χ1n) is 7.38. The zero-order valence-corrected chi connectivity index (χ0v) is 12.3. The molecule has 0 spiro atoms. The molecule has 4 heteroatoms. The monoisotopic (exact) mass is 280 g/mol. The third-order valence-electron chi connectivity index (χ3n) is 3.79. The summed E-state index contributed by atoms with van der Waals surface area (Å²) in [7, 11) is 0. The highest BCUT2D eigenvalue weighted by atomic mass is 32.1. The second kappa shape index (κ2) is 8.20. The Morgan fingerprint density at radius 2 is 2.05 bits per heavy atom. The minimum atomic E-state index is -0.0250. The Labute approximate surface area is 119 Å². The molecule has 106 valence electrons. The van der Waals surface area contributed by atoms with Gasteiger partial charge in [-0.1, -0.05) is 31.7 Å². The number of nitrogens with one attached hydrogen (secondary N) is 2. The van der Waals surface area contributed by atoms with E-state index in [0.29, 0.717) is 0 Å². The van der Waals surface area contributed by atoms with Crippen molar-refractivity contribution in [2.75, 3.05) is 13.1 Å². The van der Waals surface area contributed by atoms with E-state index in [0.717, 1.165) is 31.8 Å². The molecule has 1 aliphatic rings. The van der Waals surface area contributed by atoms with Gasteiger partial charge in [0.1, 0.15) is 0 Å². The lowest BCUT2D eigenvalue weighted by molar-refractivity contribution is 0.240. The van der Waals surface area contributed by atoms with Crippen LogP contribution in [-0.2, 0) is 6.42 Å². The number of hydrogen-bond acceptors (Lipinski definition) is 2. The van der Waals surface area contributed by atoms with E-state index in [9.17, 15) is 4.79 Å². The Bertz CT molecular complexity index is 358. The van der Waals surface area contributed by atoms with Crippen LogP contribution in [0.3, 0.4) is 0 Å². The van der Waals surface area contributed by atoms with Crippen molar-refractivity contribution < 1.29 is 4.79 Å². The summed E-state index contributed by atoms with van der Waals surface area (Å²) in [6.45, 7) is 1.52. The summed E-state index contributed by atoms with van der Waals surface area (Å²) >= 11 is 1.74. The summed E-state index contributed by atoms with van der Waals surface area (Å²) in [6.07, 6.45) is 8.91. The van der Waals surface area contributed by atoms with Gasteiger partial charge < -0.3 is 10.6 Å². The maximum atomic E-state index is 11.5. The third kappa shape index (κ3) is 5.64. The summed E-state index contributed by atoms with van der Waals surface area (Å²) in [5.41, 5.74) is 0. The maximum Gasteiger partial charge on any atom is 0.314 e. The predicted molar refractivity (Wildman–Crippen MR) is 80.6 cm³/mol. The van der Waals surface area contributed by atoms with Gasteiger partial charge in [0.15, 0.2) is 0 Å². The highest BCUT2D eigenvalue weighted by molar-refractivity contribution is 7.09. The van der Waals surface area contributed by atoms with Gasteiger partial charge in [0, 0.05) is 18.0 Å². The minimum absolute atomic E-state index is 0.0250. The van der Waals surface area contributed by atoms with Crippen LogP contribution in [0.15, 0.2) is 17.5 Å². The first kappa shape index (κ1) is 14.4. The Balaban J connectivity index is 1.45. The van der Waals surface area contributed by atoms with E-state index in [2.05, 4.69) is 22.1 Å². The fourth-order valence-corrected chi connectivity index (χ4v) is 3.42. The van der Waals surface area contributed by atoms with E-state index in [1.54, 1.807) is 11.3 Å². The van der Waals surface area contributed by atoms with Crippen LogP contribution in [0.25, 0.3) is 0 Å². The van der Waals surface area contributed by atoms with Gasteiger partial charge in [-0.25, -0.2) is 4.79 Å². The summed E-state index contributed by atoms with van der Waals surface area (Å²) in [5.74, 6) is 0.920. The summed E-state index contributed by atoms with van der Waals surface area (Å²) in [4.78, 5) is 12.9. The minimum Gasteiger partial charge on any atom is -0.338 e. The molecule has 0 aromatic carbocycles. The zero-order valence-electron chi connectivity index (χ0n) is 11.5. The van der Waals surface area contributed by atoms with E-state index in [-0.39, 0.29) is 6.03 Å². The second-order valence-electron chi connectivity index (χ2n) is 5.30. The van der Waals surface area contributed by atoms with Crippen LogP contribution in [0.2, 0.25) is 0 Å². The Hall–Kier alpha value is -1.03. The number of urea groups is 1. The molecule has 3 nitrogen and oxygen atoms in total. The molecular formula is C15H24N2OS. The molecule has 0 saturated heterocycles. The highest BCUT2D eigenvalue weighted by Crippen LogP contribution is 2.28. The van der Waals surface area contributed by atoms with Crippen molar-refractivity contribution in [2.24, 2.45) is 5.92 Å². The van der Waals surface area contributed by atoms with Crippen molar-refractivity contribution in [1.82, 2.24) is 10.6 Å². The van der Waals surface area contributed by atoms with Gasteiger partial charge >= 0.3 is 6.03 Å². The van der Waals surface area contributed by atoms with Crippen LogP contribution in [0.1, 0.15) is 43.4 Å². The van der Waals surface area contributed by atoms with E-state index in [4.69, 9.17) is 0 Å². The lowest BCUT2D eigenvalue weighted by Crippen LogP contribution is -2.37. The molecule has 0 aliphatic heterocycles. The Morgan fingerprint density at radius 1 is 1.26 bits per heavy atom. The van der Waals surface area contributed by atoms with E-state index >= 15 is 0 Å². The van der Waals surface area contributed by atoms with Crippen molar-refractivity contribution in [1.29, 1.82) is 0 Å². The molecule has 1 aromatic heterocycles. The Kier molecular flexibility index (Phi) is 6.21. The average molecular weight is 280 g/mol. The standard InChI is InChI=1S/C15H24N2OS/c18-15(17-11-9-14-8-4-12-19-14)16-10-3-7-13-5-1-2-6-13/h4,8,12-13H,1-3,5-7,9-11H2,(H2,16,17,18). The van der Waals surface area contributed by atoms with Crippen molar-refractivity contribution in [3.05, 3.63) is 22.4 Å². The van der Waals surface area contributed by atoms with Crippen molar-refractivity contribution >= 4 is 17.4 Å². The van der Waals surface area contributed by atoms with Gasteiger partial charge in [-0.2, -0.15) is 0 Å². The molecule has 0 bridgehead atoms. The van der Waals surface area contributed by atoms with Crippen LogP contribution in [0, 0.1) is 5.92 Å². The largest absolute Gasteiger partial charge is 0.338 e. The molecule has 2 amide bonds. The summed E-state index contributed by atoms with van der Waals surface area (Å²) in [5, 5.41) is 7.91. The van der Waals surface area contributed by atoms with Crippen molar-refractivity contribution in [2.45, 2.75) is 44.9 Å². The van der Waals surface area contributed by atoms with Crippen molar-refractivity contribution in [3.8, 4) is 0 Å². The van der Waals surface area contributed by atoms with Crippen LogP contribution >= 0.6 is 11.3 Å². The molecule has 1 aliphatic carbocycles. The lowest BCUT2D eigenvalue weighted by atomic mass is 10.0. The lowest BCUT2D eigenvalue weighted by Gasteiger charge is -2.10. The number of amides is 2. The summed E-state index contributed by atoms with van der Waals surface area (Å²) < 4.78 is 0. The number of carbonyl (C=O) groups excluding carboxylic acids is 1. The molecule has 1 heterocycles. The van der Waals surface area contributed by atoms with Gasteiger partial charge in [-0.15, -0.1) is 11.3 Å². The fourth-order valence-electron chi connectivity index (χ4n) is 2.71. The molecular weight excluding hydrogens is 256 g/mol. The van der Waals surface area contributed by atoms with Crippen LogP contribution in [-0.4, -0.2) is 19.1 Å². The molecule has 0 radical (unpaired) electrons. The third-order valence-corrected chi connectivity index (χ3v) is 4.72. The van der Waals surface area contributed by atoms with Crippen LogP contribution in [0.5, 0.6) is 0 Å². The zero-order chi connectivity index (χ0) is 13.3. The fraction of sp³-hybridized carbons (Fsp3) is 0.667. The SMILES string of the molecule is O=C(NCCCC1CCCC1)NCCc1cccs1. The van der Waals surface area contributed by atoms with Crippen molar-refractivity contribution in [3.63, 3.8) is 0 Å². The van der Waals surface area contributed by atoms with Gasteiger partial charge in [-0.3, -0.25) is 0 Å². The molecule has 2 N–H and O–H groups in total. The van der Waals surface area contributed by atoms with E-state index in [1.165, 1.54) is 37.0 Å². The van der Waals surface area contributed by atoms with Crippen LogP contribution < -0.4 is 10.6 Å². The normalized spacial score (nSPS) is 15.6. The number of carbonyl (C=O) groups is 1. The quantitative estimate of drug-likeness (QED) is 0.737. The van der Waals surface area contributed by atoms with E-state index < -0.39 is 0 Å². The molecule has 19 heavy (non-hydrogen) atoms. The van der Waals surface area contributed by atoms with Gasteiger partial charge in [0.2, 0.25) is 0 Å².